The lowest BCUT2D eigenvalue weighted by atomic mass is 10.1. The number of aryl methyl sites for hydroxylation is 2. The summed E-state index contributed by atoms with van der Waals surface area (Å²) < 4.78 is 0. The molecule has 0 aliphatic heterocycles. The van der Waals surface area contributed by atoms with E-state index in [1.54, 1.807) is 0 Å². The van der Waals surface area contributed by atoms with Gasteiger partial charge in [0.15, 0.2) is 5.82 Å². The van der Waals surface area contributed by atoms with E-state index in [4.69, 9.17) is 0 Å². The van der Waals surface area contributed by atoms with Crippen LogP contribution in [0.2, 0.25) is 0 Å². The van der Waals surface area contributed by atoms with Gasteiger partial charge in [0.2, 0.25) is 0 Å². The van der Waals surface area contributed by atoms with Gasteiger partial charge in [-0.1, -0.05) is 35.9 Å². The van der Waals surface area contributed by atoms with Crippen LogP contribution in [0.3, 0.4) is 0 Å². The van der Waals surface area contributed by atoms with Gasteiger partial charge in [0.1, 0.15) is 5.82 Å². The van der Waals surface area contributed by atoms with Gasteiger partial charge in [-0.25, -0.2) is 15.0 Å². The van der Waals surface area contributed by atoms with Crippen LogP contribution in [0.25, 0.3) is 22.4 Å². The molecule has 0 saturated carbocycles. The van der Waals surface area contributed by atoms with Gasteiger partial charge in [0, 0.05) is 43.0 Å². The molecule has 0 aliphatic carbocycles. The van der Waals surface area contributed by atoms with Crippen LogP contribution in [-0.2, 0) is 13.0 Å². The third-order valence-electron chi connectivity index (χ3n) is 4.61. The molecule has 4 aromatic rings. The summed E-state index contributed by atoms with van der Waals surface area (Å²) in [5, 5.41) is 3.44. The number of nitrogens with one attached hydrogen (secondary N) is 2. The molecule has 0 amide bonds. The van der Waals surface area contributed by atoms with E-state index in [0.717, 1.165) is 53.3 Å². The van der Waals surface area contributed by atoms with Crippen LogP contribution in [0.1, 0.15) is 22.5 Å². The molecule has 2 N–H and O–H groups in total. The highest BCUT2D eigenvalue weighted by atomic mass is 14.9. The number of fused-ring (bicyclic) bond motifs is 1. The first kappa shape index (κ1) is 17.4. The maximum atomic E-state index is 4.69. The number of para-hydroxylation sites is 1. The van der Waals surface area contributed by atoms with E-state index < -0.39 is 0 Å². The zero-order valence-electron chi connectivity index (χ0n) is 15.7. The van der Waals surface area contributed by atoms with Crippen molar-refractivity contribution in [3.63, 3.8) is 0 Å². The van der Waals surface area contributed by atoms with Gasteiger partial charge in [-0.3, -0.25) is 0 Å². The van der Waals surface area contributed by atoms with E-state index in [2.05, 4.69) is 69.4 Å². The first-order valence-electron chi connectivity index (χ1n) is 9.22. The monoisotopic (exact) mass is 357 g/mol. The smallest absolute Gasteiger partial charge is 0.159 e. The zero-order chi connectivity index (χ0) is 18.6. The molecule has 5 heteroatoms. The summed E-state index contributed by atoms with van der Waals surface area (Å²) >= 11 is 0. The number of H-pyrrole nitrogens is 1. The topological polar surface area (TPSA) is 66.5 Å². The van der Waals surface area contributed by atoms with Crippen molar-refractivity contribution in [1.29, 1.82) is 0 Å². The standard InChI is InChI=1S/C22H23N5/c1-15-5-3-7-18(11-15)22-24-13-17(14-25-22)12-23-10-9-20-26-19-8-4-6-16(2)21(19)27-20/h3-8,11,13-14,23H,9-10,12H2,1-2H3,(H,26,27). The van der Waals surface area contributed by atoms with Gasteiger partial charge in [-0.05, 0) is 31.5 Å². The summed E-state index contributed by atoms with van der Waals surface area (Å²) in [4.78, 5) is 17.1. The predicted octanol–water partition coefficient (Wildman–Crippen LogP) is 3.97. The van der Waals surface area contributed by atoms with Crippen LogP contribution in [0.5, 0.6) is 0 Å². The fourth-order valence-electron chi connectivity index (χ4n) is 3.16. The summed E-state index contributed by atoms with van der Waals surface area (Å²) in [7, 11) is 0. The number of hydrogen-bond acceptors (Lipinski definition) is 4. The van der Waals surface area contributed by atoms with Crippen LogP contribution in [-0.4, -0.2) is 26.5 Å². The first-order chi connectivity index (χ1) is 13.2. The van der Waals surface area contributed by atoms with E-state index in [1.165, 1.54) is 11.1 Å². The molecule has 2 heterocycles. The highest BCUT2D eigenvalue weighted by Gasteiger charge is 2.05. The molecule has 0 saturated heterocycles. The molecule has 0 fully saturated rings. The van der Waals surface area contributed by atoms with Crippen molar-refractivity contribution in [2.45, 2.75) is 26.8 Å². The average Bonchev–Trinajstić information content (AvgIpc) is 3.10. The SMILES string of the molecule is Cc1cccc(-c2ncc(CNCCc3nc4c(C)cccc4[nH]3)cn2)c1. The number of aromatic nitrogens is 4. The van der Waals surface area contributed by atoms with E-state index in [9.17, 15) is 0 Å². The van der Waals surface area contributed by atoms with Crippen LogP contribution in [0.15, 0.2) is 54.9 Å². The maximum absolute atomic E-state index is 4.69. The van der Waals surface area contributed by atoms with Crippen molar-refractivity contribution in [3.8, 4) is 11.4 Å². The van der Waals surface area contributed by atoms with Crippen LogP contribution >= 0.6 is 0 Å². The van der Waals surface area contributed by atoms with Gasteiger partial charge >= 0.3 is 0 Å². The van der Waals surface area contributed by atoms with E-state index in [-0.39, 0.29) is 0 Å². The van der Waals surface area contributed by atoms with Crippen molar-refractivity contribution >= 4 is 11.0 Å². The minimum atomic E-state index is 0.743. The number of rotatable bonds is 6. The van der Waals surface area contributed by atoms with Gasteiger partial charge in [0.05, 0.1) is 11.0 Å². The number of imidazole rings is 1. The molecule has 2 aromatic heterocycles. The molecule has 0 bridgehead atoms. The second kappa shape index (κ2) is 7.68. The largest absolute Gasteiger partial charge is 0.342 e. The van der Waals surface area contributed by atoms with Crippen molar-refractivity contribution in [2.75, 3.05) is 6.54 Å². The molecule has 0 spiro atoms. The van der Waals surface area contributed by atoms with E-state index >= 15 is 0 Å². The zero-order valence-corrected chi connectivity index (χ0v) is 15.7. The third kappa shape index (κ3) is 4.04. The summed E-state index contributed by atoms with van der Waals surface area (Å²) in [6.07, 6.45) is 4.64. The third-order valence-corrected chi connectivity index (χ3v) is 4.61. The van der Waals surface area contributed by atoms with Gasteiger partial charge in [0.25, 0.3) is 0 Å². The Balaban J connectivity index is 1.31. The summed E-state index contributed by atoms with van der Waals surface area (Å²) in [6, 6.07) is 14.5. The van der Waals surface area contributed by atoms with Crippen LogP contribution in [0, 0.1) is 13.8 Å². The molecule has 0 radical (unpaired) electrons. The molecule has 4 rings (SSSR count). The Morgan fingerprint density at radius 3 is 2.59 bits per heavy atom. The summed E-state index contributed by atoms with van der Waals surface area (Å²) in [6.45, 7) is 5.75. The van der Waals surface area contributed by atoms with Gasteiger partial charge in [-0.15, -0.1) is 0 Å². The van der Waals surface area contributed by atoms with Crippen molar-refractivity contribution in [1.82, 2.24) is 25.3 Å². The molecule has 136 valence electrons. The Bertz CT molecular complexity index is 1050. The van der Waals surface area contributed by atoms with Gasteiger partial charge < -0.3 is 10.3 Å². The Morgan fingerprint density at radius 1 is 1.00 bits per heavy atom. The number of nitrogens with zero attached hydrogens (tertiary/aromatic N) is 3. The Kier molecular flexibility index (Phi) is 4.94. The van der Waals surface area contributed by atoms with E-state index in [0.29, 0.717) is 0 Å². The Labute approximate surface area is 158 Å². The summed E-state index contributed by atoms with van der Waals surface area (Å²) in [5.41, 5.74) is 6.70. The van der Waals surface area contributed by atoms with Crippen molar-refractivity contribution in [2.24, 2.45) is 0 Å². The molecule has 5 nitrogen and oxygen atoms in total. The van der Waals surface area contributed by atoms with E-state index in [1.807, 2.05) is 24.5 Å². The molecule has 2 aromatic carbocycles. The second-order valence-corrected chi connectivity index (χ2v) is 6.87. The lowest BCUT2D eigenvalue weighted by Gasteiger charge is -2.05. The fourth-order valence-corrected chi connectivity index (χ4v) is 3.16. The Morgan fingerprint density at radius 2 is 1.81 bits per heavy atom. The number of aromatic amines is 1. The fraction of sp³-hybridized carbons (Fsp3) is 0.227. The first-order valence-corrected chi connectivity index (χ1v) is 9.22. The molecule has 0 atom stereocenters. The second-order valence-electron chi connectivity index (χ2n) is 6.87. The highest BCUT2D eigenvalue weighted by Crippen LogP contribution is 2.16. The normalized spacial score (nSPS) is 11.2. The molecular formula is C22H23N5. The average molecular weight is 357 g/mol. The highest BCUT2D eigenvalue weighted by molar-refractivity contribution is 5.78. The maximum Gasteiger partial charge on any atom is 0.159 e. The lowest BCUT2D eigenvalue weighted by Crippen LogP contribution is -2.17. The molecule has 27 heavy (non-hydrogen) atoms. The van der Waals surface area contributed by atoms with Crippen LogP contribution < -0.4 is 5.32 Å². The minimum absolute atomic E-state index is 0.743. The number of hydrogen-bond donors (Lipinski definition) is 2. The Hall–Kier alpha value is -3.05. The molecule has 0 aliphatic rings. The quantitative estimate of drug-likeness (QED) is 0.513. The minimum Gasteiger partial charge on any atom is -0.342 e. The van der Waals surface area contributed by atoms with Gasteiger partial charge in [-0.2, -0.15) is 0 Å². The van der Waals surface area contributed by atoms with Crippen molar-refractivity contribution < 1.29 is 0 Å². The molecular weight excluding hydrogens is 334 g/mol. The molecule has 0 unspecified atom stereocenters. The number of benzene rings is 2. The lowest BCUT2D eigenvalue weighted by molar-refractivity contribution is 0.671. The van der Waals surface area contributed by atoms with Crippen LogP contribution in [0.4, 0.5) is 0 Å². The van der Waals surface area contributed by atoms with Crippen molar-refractivity contribution in [3.05, 3.63) is 77.4 Å². The summed E-state index contributed by atoms with van der Waals surface area (Å²) in [5.74, 6) is 1.78. The predicted molar refractivity (Wildman–Crippen MR) is 108 cm³/mol.